The summed E-state index contributed by atoms with van der Waals surface area (Å²) in [6.45, 7) is -0.00992. The molecule has 0 radical (unpaired) electrons. The summed E-state index contributed by atoms with van der Waals surface area (Å²) < 4.78 is 24.3. The molecule has 4 N–H and O–H groups in total. The summed E-state index contributed by atoms with van der Waals surface area (Å²) >= 11 is 5.71. The van der Waals surface area contributed by atoms with Gasteiger partial charge in [0.05, 0.1) is 16.3 Å². The van der Waals surface area contributed by atoms with Gasteiger partial charge in [-0.1, -0.05) is 11.6 Å². The molecule has 0 unspecified atom stereocenters. The first-order valence-corrected chi connectivity index (χ1v) is 6.99. The summed E-state index contributed by atoms with van der Waals surface area (Å²) in [5.74, 6) is -0.535. The molecule has 1 heterocycles. The van der Waals surface area contributed by atoms with Crippen molar-refractivity contribution in [1.82, 2.24) is 15.0 Å². The summed E-state index contributed by atoms with van der Waals surface area (Å²) in [6.07, 6.45) is 1.27. The Labute approximate surface area is 110 Å². The lowest BCUT2D eigenvalue weighted by molar-refractivity contribution is 0.0956. The molecule has 1 rings (SSSR count). The Kier molecular flexibility index (Phi) is 4.88. The Morgan fingerprint density at radius 3 is 2.78 bits per heavy atom. The third-order valence-electron chi connectivity index (χ3n) is 2.10. The van der Waals surface area contributed by atoms with Crippen LogP contribution in [0.4, 0.5) is 5.82 Å². The summed E-state index contributed by atoms with van der Waals surface area (Å²) in [5, 5.41) is 2.61. The van der Waals surface area contributed by atoms with Crippen LogP contribution in [0.1, 0.15) is 10.4 Å². The second-order valence-electron chi connectivity index (χ2n) is 3.37. The molecule has 0 atom stereocenters. The van der Waals surface area contributed by atoms with Gasteiger partial charge in [-0.15, -0.1) is 0 Å². The molecule has 1 aromatic heterocycles. The molecule has 18 heavy (non-hydrogen) atoms. The van der Waals surface area contributed by atoms with Crippen molar-refractivity contribution < 1.29 is 13.2 Å². The lowest BCUT2D eigenvalue weighted by Gasteiger charge is -2.06. The lowest BCUT2D eigenvalue weighted by Crippen LogP contribution is -2.33. The number of nitrogen functional groups attached to an aromatic ring is 1. The van der Waals surface area contributed by atoms with Crippen LogP contribution in [0.25, 0.3) is 0 Å². The zero-order valence-electron chi connectivity index (χ0n) is 9.60. The van der Waals surface area contributed by atoms with Gasteiger partial charge in [0.25, 0.3) is 5.91 Å². The molecule has 0 saturated carbocycles. The highest BCUT2D eigenvalue weighted by Gasteiger charge is 2.11. The summed E-state index contributed by atoms with van der Waals surface area (Å²) in [6, 6.07) is 1.37. The Hall–Kier alpha value is -1.38. The Morgan fingerprint density at radius 2 is 2.22 bits per heavy atom. The van der Waals surface area contributed by atoms with E-state index in [-0.39, 0.29) is 28.7 Å². The molecule has 1 aromatic rings. The molecule has 0 aromatic carbocycles. The van der Waals surface area contributed by atoms with Gasteiger partial charge in [-0.05, 0) is 13.1 Å². The zero-order valence-corrected chi connectivity index (χ0v) is 11.2. The zero-order chi connectivity index (χ0) is 13.8. The highest BCUT2D eigenvalue weighted by Crippen LogP contribution is 2.16. The van der Waals surface area contributed by atoms with Crippen LogP contribution in [-0.4, -0.2) is 38.7 Å². The molecule has 1 amide bonds. The standard InChI is InChI=1S/C9H13ClN4O3S/c1-12-18(16,17)3-2-13-9(15)6-4-7(10)8(11)14-5-6/h4-5,12H,2-3H2,1H3,(H2,11,14)(H,13,15). The van der Waals surface area contributed by atoms with Crippen molar-refractivity contribution in [2.24, 2.45) is 0 Å². The van der Waals surface area contributed by atoms with E-state index in [9.17, 15) is 13.2 Å². The highest BCUT2D eigenvalue weighted by molar-refractivity contribution is 7.89. The van der Waals surface area contributed by atoms with E-state index in [4.69, 9.17) is 17.3 Å². The quantitative estimate of drug-likeness (QED) is 0.683. The molecule has 0 aliphatic heterocycles. The first kappa shape index (κ1) is 14.7. The molecule has 0 spiro atoms. The highest BCUT2D eigenvalue weighted by atomic mass is 35.5. The number of carbonyl (C=O) groups is 1. The van der Waals surface area contributed by atoms with Gasteiger partial charge in [-0.2, -0.15) is 0 Å². The Morgan fingerprint density at radius 1 is 1.56 bits per heavy atom. The monoisotopic (exact) mass is 292 g/mol. The molecular formula is C9H13ClN4O3S. The minimum Gasteiger partial charge on any atom is -0.382 e. The number of anilines is 1. The van der Waals surface area contributed by atoms with Crippen LogP contribution in [0, 0.1) is 0 Å². The topological polar surface area (TPSA) is 114 Å². The van der Waals surface area contributed by atoms with Gasteiger partial charge in [0.1, 0.15) is 5.82 Å². The maximum absolute atomic E-state index is 11.6. The smallest absolute Gasteiger partial charge is 0.252 e. The largest absolute Gasteiger partial charge is 0.382 e. The van der Waals surface area contributed by atoms with Crippen LogP contribution < -0.4 is 15.8 Å². The van der Waals surface area contributed by atoms with Gasteiger partial charge in [0.15, 0.2) is 0 Å². The van der Waals surface area contributed by atoms with E-state index >= 15 is 0 Å². The predicted molar refractivity (Wildman–Crippen MR) is 68.8 cm³/mol. The maximum Gasteiger partial charge on any atom is 0.252 e. The van der Waals surface area contributed by atoms with Crippen molar-refractivity contribution in [3.05, 3.63) is 22.8 Å². The van der Waals surface area contributed by atoms with Gasteiger partial charge in [0, 0.05) is 12.7 Å². The number of hydrogen-bond acceptors (Lipinski definition) is 5. The average molecular weight is 293 g/mol. The van der Waals surface area contributed by atoms with E-state index in [1.165, 1.54) is 19.3 Å². The first-order valence-electron chi connectivity index (χ1n) is 4.96. The lowest BCUT2D eigenvalue weighted by atomic mass is 10.2. The minimum atomic E-state index is -3.34. The van der Waals surface area contributed by atoms with Crippen LogP contribution in [-0.2, 0) is 10.0 Å². The van der Waals surface area contributed by atoms with Gasteiger partial charge in [-0.25, -0.2) is 18.1 Å². The van der Waals surface area contributed by atoms with E-state index in [2.05, 4.69) is 15.0 Å². The molecule has 7 nitrogen and oxygen atoms in total. The van der Waals surface area contributed by atoms with Gasteiger partial charge < -0.3 is 11.1 Å². The van der Waals surface area contributed by atoms with Crippen molar-refractivity contribution in [3.8, 4) is 0 Å². The molecule has 0 saturated heterocycles. The number of pyridine rings is 1. The van der Waals surface area contributed by atoms with Crippen molar-refractivity contribution >= 4 is 33.3 Å². The normalized spacial score (nSPS) is 11.2. The number of nitrogens with one attached hydrogen (secondary N) is 2. The third kappa shape index (κ3) is 4.13. The van der Waals surface area contributed by atoms with Crippen LogP contribution in [0.5, 0.6) is 0 Å². The SMILES string of the molecule is CNS(=O)(=O)CCNC(=O)c1cnc(N)c(Cl)c1. The van der Waals surface area contributed by atoms with Gasteiger partial charge in [0.2, 0.25) is 10.0 Å². The van der Waals surface area contributed by atoms with Crippen molar-refractivity contribution in [1.29, 1.82) is 0 Å². The van der Waals surface area contributed by atoms with E-state index in [1.807, 2.05) is 0 Å². The second kappa shape index (κ2) is 5.98. The number of amides is 1. The molecule has 0 aliphatic rings. The number of nitrogens with two attached hydrogens (primary N) is 1. The first-order chi connectivity index (χ1) is 8.35. The van der Waals surface area contributed by atoms with E-state index < -0.39 is 15.9 Å². The van der Waals surface area contributed by atoms with Gasteiger partial charge in [-0.3, -0.25) is 4.79 Å². The van der Waals surface area contributed by atoms with Gasteiger partial charge >= 0.3 is 0 Å². The van der Waals surface area contributed by atoms with Crippen LogP contribution >= 0.6 is 11.6 Å². The fourth-order valence-corrected chi connectivity index (χ4v) is 1.82. The summed E-state index contributed by atoms with van der Waals surface area (Å²) in [4.78, 5) is 15.3. The van der Waals surface area contributed by atoms with Crippen LogP contribution in [0.15, 0.2) is 12.3 Å². The van der Waals surface area contributed by atoms with Crippen LogP contribution in [0.3, 0.4) is 0 Å². The molecule has 0 aliphatic carbocycles. The average Bonchev–Trinajstić information content (AvgIpc) is 2.32. The molecule has 0 bridgehead atoms. The number of halogens is 1. The van der Waals surface area contributed by atoms with Crippen molar-refractivity contribution in [2.75, 3.05) is 25.1 Å². The van der Waals surface area contributed by atoms with Crippen molar-refractivity contribution in [2.45, 2.75) is 0 Å². The Balaban J connectivity index is 2.58. The molecule has 0 fully saturated rings. The maximum atomic E-state index is 11.6. The molecule has 100 valence electrons. The molecular weight excluding hydrogens is 280 g/mol. The van der Waals surface area contributed by atoms with E-state index in [0.29, 0.717) is 0 Å². The third-order valence-corrected chi connectivity index (χ3v) is 3.77. The Bertz CT molecular complexity index is 547. The number of carbonyl (C=O) groups excluding carboxylic acids is 1. The number of rotatable bonds is 5. The molecule has 9 heteroatoms. The van der Waals surface area contributed by atoms with Crippen LogP contribution in [0.2, 0.25) is 5.02 Å². The fourth-order valence-electron chi connectivity index (χ4n) is 1.08. The minimum absolute atomic E-state index is 0.00992. The number of nitrogens with zero attached hydrogens (tertiary/aromatic N) is 1. The van der Waals surface area contributed by atoms with Crippen molar-refractivity contribution in [3.63, 3.8) is 0 Å². The number of sulfonamides is 1. The second-order valence-corrected chi connectivity index (χ2v) is 5.82. The summed E-state index contributed by atoms with van der Waals surface area (Å²) in [7, 11) is -2.03. The van der Waals surface area contributed by atoms with E-state index in [0.717, 1.165) is 0 Å². The summed E-state index contributed by atoms with van der Waals surface area (Å²) in [5.41, 5.74) is 5.62. The number of aromatic nitrogens is 1. The fraction of sp³-hybridized carbons (Fsp3) is 0.333. The predicted octanol–water partition coefficient (Wildman–Crippen LogP) is -0.404. The number of hydrogen-bond donors (Lipinski definition) is 3. The van der Waals surface area contributed by atoms with E-state index in [1.54, 1.807) is 0 Å².